The molecule has 1 aromatic heterocycles. The lowest BCUT2D eigenvalue weighted by Gasteiger charge is -2.31. The third kappa shape index (κ3) is 3.08. The predicted molar refractivity (Wildman–Crippen MR) is 85.7 cm³/mol. The van der Waals surface area contributed by atoms with E-state index < -0.39 is 6.04 Å². The first kappa shape index (κ1) is 15.6. The molecule has 1 amide bonds. The summed E-state index contributed by atoms with van der Waals surface area (Å²) in [6, 6.07) is -0.821. The van der Waals surface area contributed by atoms with Crippen molar-refractivity contribution in [3.63, 3.8) is 0 Å². The molecule has 22 heavy (non-hydrogen) atoms. The number of rotatable bonds is 4. The van der Waals surface area contributed by atoms with Gasteiger partial charge in [-0.05, 0) is 31.6 Å². The van der Waals surface area contributed by atoms with Crippen molar-refractivity contribution in [3.8, 4) is 0 Å². The number of hydrogen-bond acceptors (Lipinski definition) is 5. The zero-order chi connectivity index (χ0) is 15.5. The van der Waals surface area contributed by atoms with Gasteiger partial charge in [0.05, 0.1) is 12.1 Å². The van der Waals surface area contributed by atoms with Crippen LogP contribution in [0.15, 0.2) is 11.6 Å². The van der Waals surface area contributed by atoms with E-state index in [1.807, 2.05) is 0 Å². The van der Waals surface area contributed by atoms with Crippen molar-refractivity contribution in [1.29, 1.82) is 0 Å². The molecule has 1 aromatic rings. The minimum absolute atomic E-state index is 0.0308. The highest BCUT2D eigenvalue weighted by Crippen LogP contribution is 2.29. The molecule has 2 N–H and O–H groups in total. The first-order valence-electron chi connectivity index (χ1n) is 8.18. The van der Waals surface area contributed by atoms with Gasteiger partial charge >= 0.3 is 0 Å². The average Bonchev–Trinajstić information content (AvgIpc) is 3.25. The van der Waals surface area contributed by atoms with Crippen LogP contribution >= 0.6 is 11.3 Å². The van der Waals surface area contributed by atoms with Gasteiger partial charge < -0.3 is 10.6 Å². The molecule has 3 rings (SSSR count). The smallest absolute Gasteiger partial charge is 0.240 e. The fourth-order valence-corrected chi connectivity index (χ4v) is 4.30. The van der Waals surface area contributed by atoms with Gasteiger partial charge in [-0.1, -0.05) is 19.3 Å². The number of carbonyl (C=O) groups excluding carboxylic acids is 2. The predicted octanol–water partition coefficient (Wildman–Crippen LogP) is 2.22. The van der Waals surface area contributed by atoms with Crippen LogP contribution in [0.1, 0.15) is 54.7 Å². The standard InChI is InChI=1S/C16H23N3O2S/c17-13(11-5-2-1-3-6-11)16(21)19-9-4-7-12(19)14(20)15-18-8-10-22-15/h8,10-13H,1-7,9,17H2/t12-,13+/m0/s1. The Kier molecular flexibility index (Phi) is 4.88. The molecule has 1 saturated heterocycles. The van der Waals surface area contributed by atoms with E-state index in [4.69, 9.17) is 5.73 Å². The van der Waals surface area contributed by atoms with Crippen molar-refractivity contribution in [3.05, 3.63) is 16.6 Å². The Morgan fingerprint density at radius 1 is 1.23 bits per heavy atom. The average molecular weight is 321 g/mol. The van der Waals surface area contributed by atoms with E-state index in [9.17, 15) is 9.59 Å². The molecule has 120 valence electrons. The Labute approximate surface area is 134 Å². The molecule has 1 aliphatic heterocycles. The molecule has 2 heterocycles. The SMILES string of the molecule is N[C@@H](C(=O)N1CCC[C@H]1C(=O)c1nccs1)C1CCCCC1. The largest absolute Gasteiger partial charge is 0.331 e. The summed E-state index contributed by atoms with van der Waals surface area (Å²) >= 11 is 1.34. The molecule has 0 spiro atoms. The Balaban J connectivity index is 1.69. The van der Waals surface area contributed by atoms with Gasteiger partial charge in [0.1, 0.15) is 0 Å². The summed E-state index contributed by atoms with van der Waals surface area (Å²) in [6.07, 6.45) is 8.85. The van der Waals surface area contributed by atoms with Crippen LogP contribution < -0.4 is 5.73 Å². The van der Waals surface area contributed by atoms with E-state index >= 15 is 0 Å². The lowest BCUT2D eigenvalue weighted by molar-refractivity contribution is -0.134. The van der Waals surface area contributed by atoms with E-state index in [1.165, 1.54) is 17.8 Å². The summed E-state index contributed by atoms with van der Waals surface area (Å²) in [6.45, 7) is 0.640. The van der Waals surface area contributed by atoms with Crippen LogP contribution in [-0.2, 0) is 4.79 Å². The van der Waals surface area contributed by atoms with Crippen LogP contribution in [0.25, 0.3) is 0 Å². The number of hydrogen-bond donors (Lipinski definition) is 1. The fourth-order valence-electron chi connectivity index (χ4n) is 3.68. The van der Waals surface area contributed by atoms with Crippen LogP contribution in [0.4, 0.5) is 0 Å². The number of carbonyl (C=O) groups is 2. The quantitative estimate of drug-likeness (QED) is 0.863. The summed E-state index contributed by atoms with van der Waals surface area (Å²) in [5.74, 6) is 0.202. The molecule has 2 aliphatic rings. The molecule has 2 fully saturated rings. The summed E-state index contributed by atoms with van der Waals surface area (Å²) < 4.78 is 0. The molecule has 0 aromatic carbocycles. The molecule has 1 saturated carbocycles. The lowest BCUT2D eigenvalue weighted by Crippen LogP contribution is -2.51. The number of ketones is 1. The van der Waals surface area contributed by atoms with Crippen molar-refractivity contribution >= 4 is 23.0 Å². The maximum absolute atomic E-state index is 12.8. The second-order valence-electron chi connectivity index (χ2n) is 6.32. The second-order valence-corrected chi connectivity index (χ2v) is 7.21. The Morgan fingerprint density at radius 2 is 2.00 bits per heavy atom. The highest BCUT2D eigenvalue weighted by atomic mass is 32.1. The summed E-state index contributed by atoms with van der Waals surface area (Å²) in [7, 11) is 0. The van der Waals surface area contributed by atoms with Gasteiger partial charge in [-0.15, -0.1) is 11.3 Å². The first-order valence-corrected chi connectivity index (χ1v) is 9.06. The third-order valence-electron chi connectivity index (χ3n) is 4.92. The summed E-state index contributed by atoms with van der Waals surface area (Å²) in [4.78, 5) is 31.1. The summed E-state index contributed by atoms with van der Waals surface area (Å²) in [5.41, 5.74) is 6.24. The van der Waals surface area contributed by atoms with Crippen molar-refractivity contribution in [2.45, 2.75) is 57.0 Å². The zero-order valence-corrected chi connectivity index (χ0v) is 13.6. The highest BCUT2D eigenvalue weighted by Gasteiger charge is 2.39. The molecule has 0 radical (unpaired) electrons. The second kappa shape index (κ2) is 6.87. The number of thiazole rings is 1. The number of amides is 1. The van der Waals surface area contributed by atoms with Crippen LogP contribution in [0.2, 0.25) is 0 Å². The van der Waals surface area contributed by atoms with Gasteiger partial charge in [0, 0.05) is 18.1 Å². The number of nitrogens with two attached hydrogens (primary N) is 1. The topological polar surface area (TPSA) is 76.3 Å². The minimum atomic E-state index is -0.454. The van der Waals surface area contributed by atoms with Crippen molar-refractivity contribution < 1.29 is 9.59 Å². The Hall–Kier alpha value is -1.27. The Morgan fingerprint density at radius 3 is 2.68 bits per heavy atom. The fraction of sp³-hybridized carbons (Fsp3) is 0.688. The number of Topliss-reactive ketones (excluding diaryl/α,β-unsaturated/α-hetero) is 1. The van der Waals surface area contributed by atoms with Gasteiger partial charge in [0.2, 0.25) is 11.7 Å². The van der Waals surface area contributed by atoms with Gasteiger partial charge in [-0.3, -0.25) is 9.59 Å². The highest BCUT2D eigenvalue weighted by molar-refractivity contribution is 7.11. The molecular formula is C16H23N3O2S. The third-order valence-corrected chi connectivity index (χ3v) is 5.71. The number of likely N-dealkylation sites (tertiary alicyclic amines) is 1. The molecule has 6 heteroatoms. The van der Waals surface area contributed by atoms with E-state index in [1.54, 1.807) is 16.5 Å². The van der Waals surface area contributed by atoms with Gasteiger partial charge in [0.25, 0.3) is 0 Å². The van der Waals surface area contributed by atoms with E-state index in [0.29, 0.717) is 11.6 Å². The monoisotopic (exact) mass is 321 g/mol. The zero-order valence-electron chi connectivity index (χ0n) is 12.7. The molecule has 0 unspecified atom stereocenters. The first-order chi connectivity index (χ1) is 10.7. The van der Waals surface area contributed by atoms with Gasteiger partial charge in [0.15, 0.2) is 5.01 Å². The maximum atomic E-state index is 12.8. The molecule has 0 bridgehead atoms. The normalized spacial score (nSPS) is 24.4. The van der Waals surface area contributed by atoms with Crippen molar-refractivity contribution in [1.82, 2.24) is 9.88 Å². The van der Waals surface area contributed by atoms with Crippen LogP contribution in [-0.4, -0.2) is 40.2 Å². The lowest BCUT2D eigenvalue weighted by atomic mass is 9.83. The molecule has 1 aliphatic carbocycles. The summed E-state index contributed by atoms with van der Waals surface area (Å²) in [5, 5.41) is 2.29. The number of nitrogens with zero attached hydrogens (tertiary/aromatic N) is 2. The van der Waals surface area contributed by atoms with E-state index in [0.717, 1.165) is 38.5 Å². The van der Waals surface area contributed by atoms with Crippen LogP contribution in [0.3, 0.4) is 0 Å². The van der Waals surface area contributed by atoms with Crippen LogP contribution in [0, 0.1) is 5.92 Å². The van der Waals surface area contributed by atoms with E-state index in [-0.39, 0.29) is 23.7 Å². The maximum Gasteiger partial charge on any atom is 0.240 e. The number of aromatic nitrogens is 1. The minimum Gasteiger partial charge on any atom is -0.331 e. The van der Waals surface area contributed by atoms with Crippen LogP contribution in [0.5, 0.6) is 0 Å². The molecule has 2 atom stereocenters. The van der Waals surface area contributed by atoms with Crippen molar-refractivity contribution in [2.24, 2.45) is 11.7 Å². The van der Waals surface area contributed by atoms with Crippen molar-refractivity contribution in [2.75, 3.05) is 6.54 Å². The molecule has 5 nitrogen and oxygen atoms in total. The van der Waals surface area contributed by atoms with E-state index in [2.05, 4.69) is 4.98 Å². The Bertz CT molecular complexity index is 526. The van der Waals surface area contributed by atoms with Gasteiger partial charge in [-0.2, -0.15) is 0 Å². The van der Waals surface area contributed by atoms with Gasteiger partial charge in [-0.25, -0.2) is 4.98 Å². The molecular weight excluding hydrogens is 298 g/mol.